The summed E-state index contributed by atoms with van der Waals surface area (Å²) >= 11 is 3.35. The fraction of sp³-hybridized carbons (Fsp3) is 0.118. The molecule has 102 valence electrons. The molecule has 0 aliphatic rings. The first-order valence-corrected chi connectivity index (χ1v) is 7.08. The average Bonchev–Trinajstić information content (AvgIpc) is 2.48. The van der Waals surface area contributed by atoms with E-state index in [4.69, 9.17) is 4.74 Å². The van der Waals surface area contributed by atoms with Crippen LogP contribution in [0.5, 0.6) is 5.75 Å². The van der Waals surface area contributed by atoms with E-state index < -0.39 is 0 Å². The smallest absolute Gasteiger partial charge is 0.166 e. The van der Waals surface area contributed by atoms with Crippen LogP contribution in [0.25, 0.3) is 6.08 Å². The van der Waals surface area contributed by atoms with Gasteiger partial charge in [0.25, 0.3) is 0 Å². The second kappa shape index (κ2) is 7.06. The Kier molecular flexibility index (Phi) is 5.13. The standard InChI is InChI=1S/C17H15BrO2/c1-20-16-6-2-4-13(12-16)5-3-7-17(19)14-8-10-15(18)11-9-14/h2-6,8-12H,7H2,1H3. The zero-order chi connectivity index (χ0) is 14.4. The van der Waals surface area contributed by atoms with E-state index in [1.54, 1.807) is 7.11 Å². The van der Waals surface area contributed by atoms with Crippen molar-refractivity contribution in [3.8, 4) is 5.75 Å². The van der Waals surface area contributed by atoms with E-state index >= 15 is 0 Å². The number of halogens is 1. The van der Waals surface area contributed by atoms with Gasteiger partial charge >= 0.3 is 0 Å². The lowest BCUT2D eigenvalue weighted by molar-refractivity contribution is 0.0996. The van der Waals surface area contributed by atoms with Crippen molar-refractivity contribution < 1.29 is 9.53 Å². The van der Waals surface area contributed by atoms with Crippen molar-refractivity contribution in [3.05, 3.63) is 70.2 Å². The molecule has 2 aromatic carbocycles. The number of Topliss-reactive ketones (excluding diaryl/α,β-unsaturated/α-hetero) is 1. The summed E-state index contributed by atoms with van der Waals surface area (Å²) in [7, 11) is 1.64. The Morgan fingerprint density at radius 3 is 2.65 bits per heavy atom. The summed E-state index contributed by atoms with van der Waals surface area (Å²) in [6.07, 6.45) is 4.19. The average molecular weight is 331 g/mol. The highest BCUT2D eigenvalue weighted by Crippen LogP contribution is 2.15. The SMILES string of the molecule is COc1cccc(C=CCC(=O)c2ccc(Br)cc2)c1. The Hall–Kier alpha value is -1.87. The first kappa shape index (κ1) is 14.5. The summed E-state index contributed by atoms with van der Waals surface area (Å²) in [6, 6.07) is 15.1. The Bertz CT molecular complexity index is 615. The van der Waals surface area contributed by atoms with E-state index in [1.807, 2.05) is 60.7 Å². The van der Waals surface area contributed by atoms with Crippen LogP contribution in [-0.4, -0.2) is 12.9 Å². The third-order valence-electron chi connectivity index (χ3n) is 2.87. The highest BCUT2D eigenvalue weighted by atomic mass is 79.9. The molecule has 0 fully saturated rings. The van der Waals surface area contributed by atoms with Crippen LogP contribution in [0.2, 0.25) is 0 Å². The van der Waals surface area contributed by atoms with Crippen molar-refractivity contribution >= 4 is 27.8 Å². The number of carbonyl (C=O) groups excluding carboxylic acids is 1. The van der Waals surface area contributed by atoms with Gasteiger partial charge in [-0.3, -0.25) is 4.79 Å². The predicted molar refractivity (Wildman–Crippen MR) is 85.1 cm³/mol. The number of carbonyl (C=O) groups is 1. The molecular formula is C17H15BrO2. The Morgan fingerprint density at radius 1 is 1.20 bits per heavy atom. The molecule has 2 rings (SSSR count). The van der Waals surface area contributed by atoms with Gasteiger partial charge < -0.3 is 4.74 Å². The van der Waals surface area contributed by atoms with Gasteiger partial charge in [0.05, 0.1) is 7.11 Å². The number of allylic oxidation sites excluding steroid dienone is 1. The van der Waals surface area contributed by atoms with Gasteiger partial charge in [0, 0.05) is 16.5 Å². The van der Waals surface area contributed by atoms with Gasteiger partial charge in [-0.1, -0.05) is 52.3 Å². The van der Waals surface area contributed by atoms with Gasteiger partial charge in [0.1, 0.15) is 5.75 Å². The third-order valence-corrected chi connectivity index (χ3v) is 3.40. The molecule has 2 nitrogen and oxygen atoms in total. The Morgan fingerprint density at radius 2 is 1.95 bits per heavy atom. The molecule has 0 N–H and O–H groups in total. The largest absolute Gasteiger partial charge is 0.497 e. The molecule has 3 heteroatoms. The number of hydrogen-bond donors (Lipinski definition) is 0. The summed E-state index contributed by atoms with van der Waals surface area (Å²) < 4.78 is 6.13. The molecule has 0 saturated heterocycles. The van der Waals surface area contributed by atoms with Crippen molar-refractivity contribution in [3.63, 3.8) is 0 Å². The van der Waals surface area contributed by atoms with Crippen LogP contribution in [-0.2, 0) is 0 Å². The van der Waals surface area contributed by atoms with E-state index in [0.717, 1.165) is 21.3 Å². The summed E-state index contributed by atoms with van der Waals surface area (Å²) in [5.41, 5.74) is 1.75. The molecule has 0 aliphatic heterocycles. The molecule has 20 heavy (non-hydrogen) atoms. The minimum absolute atomic E-state index is 0.108. The van der Waals surface area contributed by atoms with Gasteiger partial charge in [-0.25, -0.2) is 0 Å². The maximum atomic E-state index is 12.0. The molecule has 0 spiro atoms. The molecule has 0 heterocycles. The molecule has 2 aromatic rings. The number of rotatable bonds is 5. The number of hydrogen-bond acceptors (Lipinski definition) is 2. The molecular weight excluding hydrogens is 316 g/mol. The minimum atomic E-state index is 0.108. The van der Waals surface area contributed by atoms with Gasteiger partial charge in [0.15, 0.2) is 5.78 Å². The minimum Gasteiger partial charge on any atom is -0.497 e. The first-order chi connectivity index (χ1) is 9.69. The van der Waals surface area contributed by atoms with Crippen molar-refractivity contribution in [2.24, 2.45) is 0 Å². The van der Waals surface area contributed by atoms with E-state index in [1.165, 1.54) is 0 Å². The van der Waals surface area contributed by atoms with Crippen molar-refractivity contribution in [2.45, 2.75) is 6.42 Å². The fourth-order valence-electron chi connectivity index (χ4n) is 1.80. The van der Waals surface area contributed by atoms with Crippen LogP contribution < -0.4 is 4.74 Å². The highest BCUT2D eigenvalue weighted by molar-refractivity contribution is 9.10. The molecule has 0 saturated carbocycles. The molecule has 0 aromatic heterocycles. The zero-order valence-corrected chi connectivity index (χ0v) is 12.8. The molecule has 0 unspecified atom stereocenters. The van der Waals surface area contributed by atoms with E-state index in [0.29, 0.717) is 6.42 Å². The second-order valence-corrected chi connectivity index (χ2v) is 5.23. The normalized spacial score (nSPS) is 10.7. The molecule has 0 aliphatic carbocycles. The highest BCUT2D eigenvalue weighted by Gasteiger charge is 2.02. The summed E-state index contributed by atoms with van der Waals surface area (Å²) in [5, 5.41) is 0. The second-order valence-electron chi connectivity index (χ2n) is 4.31. The lowest BCUT2D eigenvalue weighted by Gasteiger charge is -2.00. The Balaban J connectivity index is 1.98. The quantitative estimate of drug-likeness (QED) is 0.740. The number of ketones is 1. The van der Waals surface area contributed by atoms with Crippen LogP contribution in [0.1, 0.15) is 22.3 Å². The van der Waals surface area contributed by atoms with E-state index in [2.05, 4.69) is 15.9 Å². The number of methoxy groups -OCH3 is 1. The van der Waals surface area contributed by atoms with Crippen LogP contribution in [0.4, 0.5) is 0 Å². The lowest BCUT2D eigenvalue weighted by Crippen LogP contribution is -1.96. The maximum Gasteiger partial charge on any atom is 0.166 e. The van der Waals surface area contributed by atoms with Crippen molar-refractivity contribution in [1.82, 2.24) is 0 Å². The van der Waals surface area contributed by atoms with Crippen molar-refractivity contribution in [1.29, 1.82) is 0 Å². The van der Waals surface area contributed by atoms with Gasteiger partial charge in [-0.05, 0) is 29.8 Å². The fourth-order valence-corrected chi connectivity index (χ4v) is 2.07. The molecule has 0 bridgehead atoms. The lowest BCUT2D eigenvalue weighted by atomic mass is 10.1. The predicted octanol–water partition coefficient (Wildman–Crippen LogP) is 4.74. The zero-order valence-electron chi connectivity index (χ0n) is 11.2. The van der Waals surface area contributed by atoms with Crippen LogP contribution in [0.3, 0.4) is 0 Å². The molecule has 0 atom stereocenters. The van der Waals surface area contributed by atoms with E-state index in [9.17, 15) is 4.79 Å². The van der Waals surface area contributed by atoms with Crippen LogP contribution >= 0.6 is 15.9 Å². The summed E-state index contributed by atoms with van der Waals surface area (Å²) in [5.74, 6) is 0.919. The first-order valence-electron chi connectivity index (χ1n) is 6.28. The van der Waals surface area contributed by atoms with Crippen molar-refractivity contribution in [2.75, 3.05) is 7.11 Å². The number of benzene rings is 2. The van der Waals surface area contributed by atoms with Crippen LogP contribution in [0, 0.1) is 0 Å². The van der Waals surface area contributed by atoms with E-state index in [-0.39, 0.29) is 5.78 Å². The number of ether oxygens (including phenoxy) is 1. The summed E-state index contributed by atoms with van der Waals surface area (Å²) in [4.78, 5) is 12.0. The molecule has 0 amide bonds. The third kappa shape index (κ3) is 4.07. The topological polar surface area (TPSA) is 26.3 Å². The molecule has 0 radical (unpaired) electrons. The monoisotopic (exact) mass is 330 g/mol. The van der Waals surface area contributed by atoms with Gasteiger partial charge in [-0.15, -0.1) is 0 Å². The summed E-state index contributed by atoms with van der Waals surface area (Å²) in [6.45, 7) is 0. The van der Waals surface area contributed by atoms with Gasteiger partial charge in [-0.2, -0.15) is 0 Å². The Labute approximate surface area is 127 Å². The van der Waals surface area contributed by atoms with Crippen LogP contribution in [0.15, 0.2) is 59.1 Å². The maximum absolute atomic E-state index is 12.0. The van der Waals surface area contributed by atoms with Gasteiger partial charge in [0.2, 0.25) is 0 Å².